The van der Waals surface area contributed by atoms with Crippen molar-refractivity contribution in [2.24, 2.45) is 5.92 Å². The number of urea groups is 1. The van der Waals surface area contributed by atoms with E-state index in [1.54, 1.807) is 7.05 Å². The van der Waals surface area contributed by atoms with Gasteiger partial charge in [0.05, 0.1) is 0 Å². The molecule has 0 aromatic carbocycles. The van der Waals surface area contributed by atoms with Crippen LogP contribution in [0.4, 0.5) is 4.79 Å². The van der Waals surface area contributed by atoms with Crippen molar-refractivity contribution in [1.29, 1.82) is 0 Å². The number of amides is 2. The Bertz CT molecular complexity index is 144. The van der Waals surface area contributed by atoms with E-state index in [-0.39, 0.29) is 6.03 Å². The van der Waals surface area contributed by atoms with Gasteiger partial charge in [-0.15, -0.1) is 0 Å². The standard InChI is InChI=1S/C8H16N2O2/c1-9-8(11)10-6-7-2-4-12-5-3-7/h7H,2-6H2,1H3,(H2,9,10,11). The van der Waals surface area contributed by atoms with Crippen molar-refractivity contribution < 1.29 is 9.53 Å². The molecule has 2 amide bonds. The molecular formula is C8H16N2O2. The summed E-state index contributed by atoms with van der Waals surface area (Å²) in [6.45, 7) is 2.43. The lowest BCUT2D eigenvalue weighted by atomic mass is 10.0. The number of nitrogens with one attached hydrogen (secondary N) is 2. The molecule has 1 aliphatic rings. The molecule has 1 aliphatic heterocycles. The van der Waals surface area contributed by atoms with Crippen molar-refractivity contribution in [3.8, 4) is 0 Å². The number of rotatable bonds is 2. The fraction of sp³-hybridized carbons (Fsp3) is 0.875. The number of hydrogen-bond donors (Lipinski definition) is 2. The van der Waals surface area contributed by atoms with Gasteiger partial charge in [0.1, 0.15) is 0 Å². The number of carbonyl (C=O) groups excluding carboxylic acids is 1. The largest absolute Gasteiger partial charge is 0.381 e. The molecule has 0 atom stereocenters. The van der Waals surface area contributed by atoms with E-state index in [2.05, 4.69) is 10.6 Å². The third-order valence-electron chi connectivity index (χ3n) is 2.12. The van der Waals surface area contributed by atoms with Crippen LogP contribution < -0.4 is 10.6 Å². The van der Waals surface area contributed by atoms with Crippen LogP contribution in [0.1, 0.15) is 12.8 Å². The molecule has 4 heteroatoms. The molecule has 4 nitrogen and oxygen atoms in total. The van der Waals surface area contributed by atoms with Gasteiger partial charge in [-0.05, 0) is 18.8 Å². The first-order valence-electron chi connectivity index (χ1n) is 4.36. The molecule has 0 aromatic heterocycles. The van der Waals surface area contributed by atoms with Gasteiger partial charge in [0.15, 0.2) is 0 Å². The van der Waals surface area contributed by atoms with E-state index in [9.17, 15) is 4.79 Å². The maximum absolute atomic E-state index is 10.8. The molecule has 0 spiro atoms. The molecule has 1 fully saturated rings. The summed E-state index contributed by atoms with van der Waals surface area (Å²) >= 11 is 0. The normalized spacial score (nSPS) is 18.8. The van der Waals surface area contributed by atoms with Crippen molar-refractivity contribution in [2.75, 3.05) is 26.8 Å². The second-order valence-electron chi connectivity index (χ2n) is 3.02. The molecule has 0 aromatic rings. The molecule has 0 aliphatic carbocycles. The maximum Gasteiger partial charge on any atom is 0.314 e. The zero-order valence-electron chi connectivity index (χ0n) is 7.43. The van der Waals surface area contributed by atoms with E-state index < -0.39 is 0 Å². The molecule has 12 heavy (non-hydrogen) atoms. The SMILES string of the molecule is CNC(=O)NCC1CCOCC1. The van der Waals surface area contributed by atoms with Crippen LogP contribution >= 0.6 is 0 Å². The van der Waals surface area contributed by atoms with Gasteiger partial charge in [0.25, 0.3) is 0 Å². The van der Waals surface area contributed by atoms with Gasteiger partial charge >= 0.3 is 6.03 Å². The van der Waals surface area contributed by atoms with Crippen LogP contribution in [0, 0.1) is 5.92 Å². The lowest BCUT2D eigenvalue weighted by Crippen LogP contribution is -2.37. The smallest absolute Gasteiger partial charge is 0.314 e. The van der Waals surface area contributed by atoms with Crippen molar-refractivity contribution in [3.05, 3.63) is 0 Å². The van der Waals surface area contributed by atoms with Gasteiger partial charge in [-0.2, -0.15) is 0 Å². The Kier molecular flexibility index (Phi) is 3.87. The zero-order valence-corrected chi connectivity index (χ0v) is 7.43. The highest BCUT2D eigenvalue weighted by atomic mass is 16.5. The van der Waals surface area contributed by atoms with Gasteiger partial charge in [-0.25, -0.2) is 4.79 Å². The summed E-state index contributed by atoms with van der Waals surface area (Å²) in [5.74, 6) is 0.594. The highest BCUT2D eigenvalue weighted by molar-refractivity contribution is 5.73. The van der Waals surface area contributed by atoms with Gasteiger partial charge < -0.3 is 15.4 Å². The van der Waals surface area contributed by atoms with E-state index in [0.717, 1.165) is 32.6 Å². The van der Waals surface area contributed by atoms with E-state index in [4.69, 9.17) is 4.74 Å². The summed E-state index contributed by atoms with van der Waals surface area (Å²) < 4.78 is 5.20. The summed E-state index contributed by atoms with van der Waals surface area (Å²) in [6.07, 6.45) is 2.12. The monoisotopic (exact) mass is 172 g/mol. The molecule has 0 unspecified atom stereocenters. The predicted molar refractivity (Wildman–Crippen MR) is 46.0 cm³/mol. The first kappa shape index (κ1) is 9.32. The van der Waals surface area contributed by atoms with Crippen molar-refractivity contribution in [3.63, 3.8) is 0 Å². The summed E-state index contributed by atoms with van der Waals surface area (Å²) in [5.41, 5.74) is 0. The zero-order chi connectivity index (χ0) is 8.81. The Balaban J connectivity index is 2.09. The minimum atomic E-state index is -0.0958. The first-order valence-corrected chi connectivity index (χ1v) is 4.36. The molecule has 2 N–H and O–H groups in total. The molecular weight excluding hydrogens is 156 g/mol. The lowest BCUT2D eigenvalue weighted by Gasteiger charge is -2.21. The summed E-state index contributed by atoms with van der Waals surface area (Å²) in [6, 6.07) is -0.0958. The van der Waals surface area contributed by atoms with Crippen LogP contribution in [0.15, 0.2) is 0 Å². The minimum absolute atomic E-state index is 0.0958. The number of ether oxygens (including phenoxy) is 1. The molecule has 1 rings (SSSR count). The van der Waals surface area contributed by atoms with Gasteiger partial charge in [0.2, 0.25) is 0 Å². The molecule has 1 saturated heterocycles. The fourth-order valence-corrected chi connectivity index (χ4v) is 1.28. The molecule has 1 heterocycles. The predicted octanol–water partition coefficient (Wildman–Crippen LogP) is 0.342. The minimum Gasteiger partial charge on any atom is -0.381 e. The van der Waals surface area contributed by atoms with Gasteiger partial charge in [-0.3, -0.25) is 0 Å². The number of carbonyl (C=O) groups is 1. The molecule has 70 valence electrons. The summed E-state index contributed by atoms with van der Waals surface area (Å²) in [5, 5.41) is 5.32. The van der Waals surface area contributed by atoms with Crippen LogP contribution in [0.3, 0.4) is 0 Å². The first-order chi connectivity index (χ1) is 5.83. The Labute approximate surface area is 72.7 Å². The Morgan fingerprint density at radius 2 is 2.17 bits per heavy atom. The Morgan fingerprint density at radius 1 is 1.50 bits per heavy atom. The number of hydrogen-bond acceptors (Lipinski definition) is 2. The molecule has 0 saturated carbocycles. The average molecular weight is 172 g/mol. The molecule has 0 radical (unpaired) electrons. The van der Waals surface area contributed by atoms with E-state index in [1.165, 1.54) is 0 Å². The fourth-order valence-electron chi connectivity index (χ4n) is 1.28. The highest BCUT2D eigenvalue weighted by Crippen LogP contribution is 2.12. The summed E-state index contributed by atoms with van der Waals surface area (Å²) in [4.78, 5) is 10.8. The van der Waals surface area contributed by atoms with Crippen LogP contribution in [0.5, 0.6) is 0 Å². The Morgan fingerprint density at radius 3 is 2.75 bits per heavy atom. The second kappa shape index (κ2) is 4.98. The average Bonchev–Trinajstić information content (AvgIpc) is 2.16. The third-order valence-corrected chi connectivity index (χ3v) is 2.12. The summed E-state index contributed by atoms with van der Waals surface area (Å²) in [7, 11) is 1.62. The van der Waals surface area contributed by atoms with Gasteiger partial charge in [0, 0.05) is 26.8 Å². The van der Waals surface area contributed by atoms with E-state index >= 15 is 0 Å². The van der Waals surface area contributed by atoms with Crippen molar-refractivity contribution in [1.82, 2.24) is 10.6 Å². The van der Waals surface area contributed by atoms with Crippen molar-refractivity contribution >= 4 is 6.03 Å². The lowest BCUT2D eigenvalue weighted by molar-refractivity contribution is 0.0669. The molecule has 0 bridgehead atoms. The highest BCUT2D eigenvalue weighted by Gasteiger charge is 2.13. The maximum atomic E-state index is 10.8. The van der Waals surface area contributed by atoms with Crippen LogP contribution in [0.25, 0.3) is 0 Å². The van der Waals surface area contributed by atoms with Crippen molar-refractivity contribution in [2.45, 2.75) is 12.8 Å². The van der Waals surface area contributed by atoms with Crippen LogP contribution in [0.2, 0.25) is 0 Å². The van der Waals surface area contributed by atoms with E-state index in [1.807, 2.05) is 0 Å². The third kappa shape index (κ3) is 3.09. The van der Waals surface area contributed by atoms with Crippen LogP contribution in [-0.4, -0.2) is 32.8 Å². The second-order valence-corrected chi connectivity index (χ2v) is 3.02. The topological polar surface area (TPSA) is 50.4 Å². The van der Waals surface area contributed by atoms with E-state index in [0.29, 0.717) is 5.92 Å². The van der Waals surface area contributed by atoms with Crippen LogP contribution in [-0.2, 0) is 4.74 Å². The Hall–Kier alpha value is -0.770. The quantitative estimate of drug-likeness (QED) is 0.631. The van der Waals surface area contributed by atoms with Gasteiger partial charge in [-0.1, -0.05) is 0 Å².